The van der Waals surface area contributed by atoms with Crippen molar-refractivity contribution in [3.05, 3.63) is 53.1 Å². The van der Waals surface area contributed by atoms with Crippen LogP contribution in [0.1, 0.15) is 5.56 Å². The first-order valence-corrected chi connectivity index (χ1v) is 7.53. The van der Waals surface area contributed by atoms with E-state index in [-0.39, 0.29) is 0 Å². The zero-order valence-electron chi connectivity index (χ0n) is 13.2. The van der Waals surface area contributed by atoms with Gasteiger partial charge in [-0.05, 0) is 42.3 Å². The maximum atomic E-state index is 6.07. The molecule has 0 spiro atoms. The van der Waals surface area contributed by atoms with Crippen LogP contribution in [0.3, 0.4) is 0 Å². The summed E-state index contributed by atoms with van der Waals surface area (Å²) < 4.78 is 10.3. The smallest absolute Gasteiger partial charge is 0.193 e. The molecule has 0 radical (unpaired) electrons. The molecule has 0 atom stereocenters. The summed E-state index contributed by atoms with van der Waals surface area (Å²) in [6.07, 6.45) is 0.781. The number of guanidine groups is 1. The minimum atomic E-state index is 0.342. The lowest BCUT2D eigenvalue weighted by atomic mass is 10.1. The highest BCUT2D eigenvalue weighted by molar-refractivity contribution is 6.32. The highest BCUT2D eigenvalue weighted by Crippen LogP contribution is 2.27. The van der Waals surface area contributed by atoms with Gasteiger partial charge in [-0.25, -0.2) is 0 Å². The van der Waals surface area contributed by atoms with Crippen LogP contribution in [0, 0.1) is 0 Å². The van der Waals surface area contributed by atoms with E-state index >= 15 is 0 Å². The molecule has 6 heteroatoms. The van der Waals surface area contributed by atoms with Crippen LogP contribution in [0.5, 0.6) is 11.5 Å². The quantitative estimate of drug-likeness (QED) is 0.628. The number of rotatable bonds is 6. The standard InChI is InChI=1S/C17H20ClN3O2/c1-22-14-5-3-4-12(10-14)8-9-20-17(19)21-13-6-7-16(23-2)15(18)11-13/h3-7,10-11H,8-9H2,1-2H3,(H3,19,20,21). The van der Waals surface area contributed by atoms with E-state index in [4.69, 9.17) is 26.8 Å². The normalized spacial score (nSPS) is 11.2. The number of nitrogens with one attached hydrogen (secondary N) is 1. The highest BCUT2D eigenvalue weighted by Gasteiger charge is 2.02. The van der Waals surface area contributed by atoms with E-state index in [0.29, 0.717) is 23.3 Å². The van der Waals surface area contributed by atoms with Crippen molar-refractivity contribution < 1.29 is 9.47 Å². The molecule has 0 fully saturated rings. The van der Waals surface area contributed by atoms with Gasteiger partial charge in [0.1, 0.15) is 11.5 Å². The Balaban J connectivity index is 1.91. The Morgan fingerprint density at radius 2 is 2.00 bits per heavy atom. The van der Waals surface area contributed by atoms with Crippen LogP contribution in [-0.2, 0) is 6.42 Å². The lowest BCUT2D eigenvalue weighted by Gasteiger charge is -2.08. The fourth-order valence-electron chi connectivity index (χ4n) is 2.06. The lowest BCUT2D eigenvalue weighted by molar-refractivity contribution is 0.414. The predicted molar refractivity (Wildman–Crippen MR) is 94.8 cm³/mol. The minimum Gasteiger partial charge on any atom is -0.497 e. The minimum absolute atomic E-state index is 0.342. The summed E-state index contributed by atoms with van der Waals surface area (Å²) in [5, 5.41) is 3.52. The third-order valence-corrected chi connectivity index (χ3v) is 3.54. The molecule has 2 aromatic carbocycles. The Hall–Kier alpha value is -2.40. The van der Waals surface area contributed by atoms with Crippen molar-refractivity contribution in [2.45, 2.75) is 6.42 Å². The summed E-state index contributed by atoms with van der Waals surface area (Å²) in [4.78, 5) is 4.31. The molecule has 0 amide bonds. The van der Waals surface area contributed by atoms with Crippen molar-refractivity contribution in [3.8, 4) is 11.5 Å². The second kappa shape index (κ2) is 8.29. The van der Waals surface area contributed by atoms with Crippen LogP contribution in [0.2, 0.25) is 5.02 Å². The van der Waals surface area contributed by atoms with Crippen molar-refractivity contribution in [1.29, 1.82) is 0 Å². The zero-order valence-corrected chi connectivity index (χ0v) is 13.9. The SMILES string of the molecule is COc1cccc(CCN=C(N)Nc2ccc(OC)c(Cl)c2)c1. The van der Waals surface area contributed by atoms with Crippen LogP contribution in [0.25, 0.3) is 0 Å². The molecule has 23 heavy (non-hydrogen) atoms. The maximum absolute atomic E-state index is 6.07. The van der Waals surface area contributed by atoms with Gasteiger partial charge in [0, 0.05) is 12.2 Å². The van der Waals surface area contributed by atoms with Crippen LogP contribution >= 0.6 is 11.6 Å². The van der Waals surface area contributed by atoms with E-state index in [1.54, 1.807) is 26.4 Å². The Morgan fingerprint density at radius 1 is 1.17 bits per heavy atom. The topological polar surface area (TPSA) is 68.9 Å². The molecule has 2 rings (SSSR count). The molecule has 122 valence electrons. The van der Waals surface area contributed by atoms with Gasteiger partial charge in [0.05, 0.1) is 19.2 Å². The van der Waals surface area contributed by atoms with Gasteiger partial charge < -0.3 is 20.5 Å². The van der Waals surface area contributed by atoms with Crippen LogP contribution in [0.4, 0.5) is 5.69 Å². The van der Waals surface area contributed by atoms with E-state index in [2.05, 4.69) is 10.3 Å². The summed E-state index contributed by atoms with van der Waals surface area (Å²) in [6.45, 7) is 0.579. The van der Waals surface area contributed by atoms with Gasteiger partial charge in [0.25, 0.3) is 0 Å². The Kier molecular flexibility index (Phi) is 6.11. The number of hydrogen-bond acceptors (Lipinski definition) is 3. The molecule has 0 aromatic heterocycles. The second-order valence-electron chi connectivity index (χ2n) is 4.84. The van der Waals surface area contributed by atoms with Crippen molar-refractivity contribution in [2.75, 3.05) is 26.1 Å². The number of ether oxygens (including phenoxy) is 2. The van der Waals surface area contributed by atoms with Crippen molar-refractivity contribution in [3.63, 3.8) is 0 Å². The fraction of sp³-hybridized carbons (Fsp3) is 0.235. The first-order valence-electron chi connectivity index (χ1n) is 7.16. The molecular weight excluding hydrogens is 314 g/mol. The summed E-state index contributed by atoms with van der Waals surface area (Å²) in [7, 11) is 3.22. The number of nitrogens with zero attached hydrogens (tertiary/aromatic N) is 1. The number of aliphatic imine (C=N–C) groups is 1. The first-order chi connectivity index (χ1) is 11.1. The molecule has 3 N–H and O–H groups in total. The van der Waals surface area contributed by atoms with E-state index in [1.807, 2.05) is 30.3 Å². The summed E-state index contributed by atoms with van der Waals surface area (Å²) in [6, 6.07) is 13.2. The number of hydrogen-bond donors (Lipinski definition) is 2. The molecular formula is C17H20ClN3O2. The average molecular weight is 334 g/mol. The third-order valence-electron chi connectivity index (χ3n) is 3.24. The molecule has 0 saturated carbocycles. The van der Waals surface area contributed by atoms with Gasteiger partial charge >= 0.3 is 0 Å². The molecule has 2 aromatic rings. The average Bonchev–Trinajstić information content (AvgIpc) is 2.55. The molecule has 0 aliphatic rings. The maximum Gasteiger partial charge on any atom is 0.193 e. The van der Waals surface area contributed by atoms with Crippen molar-refractivity contribution in [2.24, 2.45) is 10.7 Å². The van der Waals surface area contributed by atoms with Crippen molar-refractivity contribution in [1.82, 2.24) is 0 Å². The van der Waals surface area contributed by atoms with Gasteiger partial charge in [-0.15, -0.1) is 0 Å². The van der Waals surface area contributed by atoms with Crippen LogP contribution in [-0.4, -0.2) is 26.7 Å². The summed E-state index contributed by atoms with van der Waals surface area (Å²) in [5.41, 5.74) is 7.80. The monoisotopic (exact) mass is 333 g/mol. The molecule has 0 bridgehead atoms. The third kappa shape index (κ3) is 5.07. The fourth-order valence-corrected chi connectivity index (χ4v) is 2.32. The lowest BCUT2D eigenvalue weighted by Crippen LogP contribution is -2.23. The molecule has 0 saturated heterocycles. The van der Waals surface area contributed by atoms with Gasteiger partial charge in [0.15, 0.2) is 5.96 Å². The zero-order chi connectivity index (χ0) is 16.7. The number of anilines is 1. The molecule has 0 aliphatic carbocycles. The molecule has 5 nitrogen and oxygen atoms in total. The number of benzene rings is 2. The summed E-state index contributed by atoms with van der Waals surface area (Å²) in [5.74, 6) is 1.80. The van der Waals surface area contributed by atoms with E-state index in [1.165, 1.54) is 0 Å². The van der Waals surface area contributed by atoms with E-state index in [9.17, 15) is 0 Å². The molecule has 0 heterocycles. The van der Waals surface area contributed by atoms with E-state index in [0.717, 1.165) is 23.4 Å². The van der Waals surface area contributed by atoms with Gasteiger partial charge in [-0.1, -0.05) is 23.7 Å². The largest absolute Gasteiger partial charge is 0.497 e. The number of halogens is 1. The van der Waals surface area contributed by atoms with Gasteiger partial charge in [0.2, 0.25) is 0 Å². The highest BCUT2D eigenvalue weighted by atomic mass is 35.5. The van der Waals surface area contributed by atoms with Crippen LogP contribution in [0.15, 0.2) is 47.5 Å². The number of nitrogens with two attached hydrogens (primary N) is 1. The molecule has 0 aliphatic heterocycles. The molecule has 0 unspecified atom stereocenters. The van der Waals surface area contributed by atoms with Crippen molar-refractivity contribution >= 4 is 23.2 Å². The predicted octanol–water partition coefficient (Wildman–Crippen LogP) is 3.33. The Morgan fingerprint density at radius 3 is 2.70 bits per heavy atom. The van der Waals surface area contributed by atoms with E-state index < -0.39 is 0 Å². The summed E-state index contributed by atoms with van der Waals surface area (Å²) >= 11 is 6.07. The number of methoxy groups -OCH3 is 2. The van der Waals surface area contributed by atoms with Gasteiger partial charge in [-0.3, -0.25) is 4.99 Å². The Bertz CT molecular complexity index is 689. The first kappa shape index (κ1) is 17.0. The second-order valence-corrected chi connectivity index (χ2v) is 5.25. The van der Waals surface area contributed by atoms with Crippen LogP contribution < -0.4 is 20.5 Å². The van der Waals surface area contributed by atoms with Gasteiger partial charge in [-0.2, -0.15) is 0 Å². The Labute approximate surface area is 141 Å².